The number of hydrogen-bond donors (Lipinski definition) is 0. The van der Waals surface area contributed by atoms with Crippen LogP contribution in [0.3, 0.4) is 0 Å². The number of rotatable bonds is 3. The molecule has 0 amide bonds. The molecule has 2 aliphatic rings. The van der Waals surface area contributed by atoms with Crippen LogP contribution in [-0.2, 0) is 9.53 Å². The lowest BCUT2D eigenvalue weighted by atomic mass is 9.80. The van der Waals surface area contributed by atoms with E-state index in [2.05, 4.69) is 25.7 Å². The molecule has 0 radical (unpaired) electrons. The van der Waals surface area contributed by atoms with E-state index in [1.807, 2.05) is 0 Å². The van der Waals surface area contributed by atoms with Crippen LogP contribution >= 0.6 is 0 Å². The van der Waals surface area contributed by atoms with Crippen LogP contribution in [0.1, 0.15) is 33.6 Å². The Labute approximate surface area is 105 Å². The number of nitrogens with zero attached hydrogens (tertiary/aromatic N) is 1. The predicted molar refractivity (Wildman–Crippen MR) is 67.9 cm³/mol. The van der Waals surface area contributed by atoms with Crippen LogP contribution in [0.25, 0.3) is 0 Å². The normalized spacial score (nSPS) is 31.0. The molecule has 0 aromatic heterocycles. The van der Waals surface area contributed by atoms with Crippen LogP contribution < -0.4 is 0 Å². The lowest BCUT2D eigenvalue weighted by Crippen LogP contribution is -2.33. The minimum Gasteiger partial charge on any atom is -0.381 e. The molecule has 3 nitrogen and oxygen atoms in total. The lowest BCUT2D eigenvalue weighted by Gasteiger charge is -2.27. The van der Waals surface area contributed by atoms with Crippen molar-refractivity contribution in [3.8, 4) is 0 Å². The smallest absolute Gasteiger partial charge is 0.152 e. The molecular weight excluding hydrogens is 214 g/mol. The van der Waals surface area contributed by atoms with E-state index in [4.69, 9.17) is 4.74 Å². The second-order valence-electron chi connectivity index (χ2n) is 6.61. The van der Waals surface area contributed by atoms with E-state index < -0.39 is 0 Å². The number of ketones is 1. The zero-order chi connectivity index (χ0) is 12.5. The Morgan fingerprint density at radius 1 is 1.35 bits per heavy atom. The van der Waals surface area contributed by atoms with E-state index in [1.54, 1.807) is 0 Å². The van der Waals surface area contributed by atoms with E-state index in [0.29, 0.717) is 24.3 Å². The third-order valence-electron chi connectivity index (χ3n) is 4.26. The van der Waals surface area contributed by atoms with Gasteiger partial charge in [0.15, 0.2) is 5.78 Å². The molecule has 0 aromatic rings. The quantitative estimate of drug-likeness (QED) is 0.754. The molecule has 2 unspecified atom stereocenters. The van der Waals surface area contributed by atoms with Gasteiger partial charge in [0.1, 0.15) is 0 Å². The highest BCUT2D eigenvalue weighted by molar-refractivity contribution is 5.83. The van der Waals surface area contributed by atoms with Crippen molar-refractivity contribution < 1.29 is 9.53 Å². The summed E-state index contributed by atoms with van der Waals surface area (Å²) < 4.78 is 5.28. The first-order valence-corrected chi connectivity index (χ1v) is 6.79. The molecule has 0 N–H and O–H groups in total. The fourth-order valence-corrected chi connectivity index (χ4v) is 2.82. The third kappa shape index (κ3) is 3.29. The standard InChI is InChI=1S/C14H25NO2/c1-14(2,3)12-4-6-15(8-12)9-13(16)11-5-7-17-10-11/h11-12H,4-10H2,1-3H3. The summed E-state index contributed by atoms with van der Waals surface area (Å²) in [5, 5.41) is 0. The third-order valence-corrected chi connectivity index (χ3v) is 4.26. The van der Waals surface area contributed by atoms with Gasteiger partial charge in [-0.3, -0.25) is 9.69 Å². The fraction of sp³-hybridized carbons (Fsp3) is 0.929. The van der Waals surface area contributed by atoms with Crippen LogP contribution in [0.4, 0.5) is 0 Å². The van der Waals surface area contributed by atoms with Crippen molar-refractivity contribution in [3.63, 3.8) is 0 Å². The fourth-order valence-electron chi connectivity index (χ4n) is 2.82. The van der Waals surface area contributed by atoms with Crippen molar-refractivity contribution in [1.29, 1.82) is 0 Å². The summed E-state index contributed by atoms with van der Waals surface area (Å²) >= 11 is 0. The minimum atomic E-state index is 0.170. The molecule has 2 atom stereocenters. The Bertz CT molecular complexity index is 276. The van der Waals surface area contributed by atoms with Gasteiger partial charge in [-0.25, -0.2) is 0 Å². The van der Waals surface area contributed by atoms with Crippen LogP contribution in [0.5, 0.6) is 0 Å². The van der Waals surface area contributed by atoms with Crippen LogP contribution in [0.15, 0.2) is 0 Å². The zero-order valence-electron chi connectivity index (χ0n) is 11.4. The number of likely N-dealkylation sites (tertiary alicyclic amines) is 1. The molecule has 2 heterocycles. The van der Waals surface area contributed by atoms with Crippen molar-refractivity contribution in [3.05, 3.63) is 0 Å². The highest BCUT2D eigenvalue weighted by atomic mass is 16.5. The van der Waals surface area contributed by atoms with Gasteiger partial charge >= 0.3 is 0 Å². The Morgan fingerprint density at radius 3 is 2.65 bits per heavy atom. The maximum absolute atomic E-state index is 12.0. The summed E-state index contributed by atoms with van der Waals surface area (Å²) in [4.78, 5) is 14.4. The van der Waals surface area contributed by atoms with Gasteiger partial charge in [-0.15, -0.1) is 0 Å². The van der Waals surface area contributed by atoms with Crippen molar-refractivity contribution in [2.24, 2.45) is 17.3 Å². The Balaban J connectivity index is 1.79. The highest BCUT2D eigenvalue weighted by Crippen LogP contribution is 2.33. The molecule has 3 heteroatoms. The van der Waals surface area contributed by atoms with Crippen molar-refractivity contribution in [1.82, 2.24) is 4.90 Å². The van der Waals surface area contributed by atoms with Crippen LogP contribution in [-0.4, -0.2) is 43.5 Å². The lowest BCUT2D eigenvalue weighted by molar-refractivity contribution is -0.123. The van der Waals surface area contributed by atoms with Crippen LogP contribution in [0.2, 0.25) is 0 Å². The molecule has 0 aliphatic carbocycles. The van der Waals surface area contributed by atoms with Gasteiger partial charge in [0, 0.05) is 19.1 Å². The van der Waals surface area contributed by atoms with Crippen molar-refractivity contribution in [2.45, 2.75) is 33.6 Å². The predicted octanol–water partition coefficient (Wildman–Crippen LogP) is 1.96. The van der Waals surface area contributed by atoms with Gasteiger partial charge in [0.05, 0.1) is 13.2 Å². The first-order chi connectivity index (χ1) is 7.97. The molecule has 2 rings (SSSR count). The molecule has 17 heavy (non-hydrogen) atoms. The van der Waals surface area contributed by atoms with Gasteiger partial charge in [-0.1, -0.05) is 20.8 Å². The van der Waals surface area contributed by atoms with Gasteiger partial charge in [0.25, 0.3) is 0 Å². The molecule has 2 aliphatic heterocycles. The molecule has 0 saturated carbocycles. The van der Waals surface area contributed by atoms with E-state index in [0.717, 1.165) is 32.0 Å². The number of ether oxygens (including phenoxy) is 1. The average Bonchev–Trinajstić information content (AvgIpc) is 2.85. The number of carbonyl (C=O) groups excluding carboxylic acids is 1. The maximum Gasteiger partial charge on any atom is 0.152 e. The van der Waals surface area contributed by atoms with Gasteiger partial charge in [0.2, 0.25) is 0 Å². The molecule has 0 bridgehead atoms. The Morgan fingerprint density at radius 2 is 2.12 bits per heavy atom. The van der Waals surface area contributed by atoms with E-state index in [9.17, 15) is 4.79 Å². The molecule has 2 fully saturated rings. The van der Waals surface area contributed by atoms with Crippen LogP contribution in [0, 0.1) is 17.3 Å². The SMILES string of the molecule is CC(C)(C)C1CCN(CC(=O)C2CCOC2)C1. The van der Waals surface area contributed by atoms with E-state index in [-0.39, 0.29) is 5.92 Å². The summed E-state index contributed by atoms with van der Waals surface area (Å²) in [5.41, 5.74) is 0.369. The summed E-state index contributed by atoms with van der Waals surface area (Å²) in [6, 6.07) is 0. The summed E-state index contributed by atoms with van der Waals surface area (Å²) in [5.74, 6) is 1.29. The number of Topliss-reactive ketones (excluding diaryl/α,β-unsaturated/α-hetero) is 1. The zero-order valence-corrected chi connectivity index (χ0v) is 11.4. The van der Waals surface area contributed by atoms with Crippen molar-refractivity contribution in [2.75, 3.05) is 32.8 Å². The van der Waals surface area contributed by atoms with Gasteiger partial charge in [-0.05, 0) is 30.7 Å². The second-order valence-corrected chi connectivity index (χ2v) is 6.61. The molecular formula is C14H25NO2. The largest absolute Gasteiger partial charge is 0.381 e. The highest BCUT2D eigenvalue weighted by Gasteiger charge is 2.33. The maximum atomic E-state index is 12.0. The Kier molecular flexibility index (Phi) is 3.88. The topological polar surface area (TPSA) is 29.5 Å². The average molecular weight is 239 g/mol. The number of hydrogen-bond acceptors (Lipinski definition) is 3. The summed E-state index contributed by atoms with van der Waals surface area (Å²) in [6.45, 7) is 11.1. The molecule has 0 spiro atoms. The van der Waals surface area contributed by atoms with Gasteiger partial charge in [-0.2, -0.15) is 0 Å². The monoisotopic (exact) mass is 239 g/mol. The van der Waals surface area contributed by atoms with Gasteiger partial charge < -0.3 is 4.74 Å². The first-order valence-electron chi connectivity index (χ1n) is 6.79. The van der Waals surface area contributed by atoms with E-state index >= 15 is 0 Å². The Hall–Kier alpha value is -0.410. The molecule has 2 saturated heterocycles. The molecule has 0 aromatic carbocycles. The van der Waals surface area contributed by atoms with Crippen molar-refractivity contribution >= 4 is 5.78 Å². The second kappa shape index (κ2) is 5.07. The molecule has 98 valence electrons. The number of carbonyl (C=O) groups is 1. The van der Waals surface area contributed by atoms with E-state index in [1.165, 1.54) is 6.42 Å². The first kappa shape index (κ1) is 13.0. The summed E-state index contributed by atoms with van der Waals surface area (Å²) in [6.07, 6.45) is 2.16. The minimum absolute atomic E-state index is 0.170. The summed E-state index contributed by atoms with van der Waals surface area (Å²) in [7, 11) is 0.